The molecule has 0 saturated heterocycles. The van der Waals surface area contributed by atoms with E-state index >= 15 is 0 Å². The molecule has 0 atom stereocenters. The zero-order valence-corrected chi connectivity index (χ0v) is 12.5. The molecule has 4 heteroatoms. The van der Waals surface area contributed by atoms with E-state index in [2.05, 4.69) is 6.07 Å². The molecule has 0 radical (unpaired) electrons. The lowest BCUT2D eigenvalue weighted by Crippen LogP contribution is -2.23. The number of hydrogen-bond acceptors (Lipinski definition) is 2. The number of halogens is 1. The molecule has 0 aliphatic rings. The quantitative estimate of drug-likeness (QED) is 0.815. The fourth-order valence-electron chi connectivity index (χ4n) is 2.34. The van der Waals surface area contributed by atoms with Crippen LogP contribution in [0.3, 0.4) is 0 Å². The zero-order valence-electron chi connectivity index (χ0n) is 11.7. The molecule has 1 aromatic carbocycles. The van der Waals surface area contributed by atoms with Gasteiger partial charge in [-0.1, -0.05) is 29.8 Å². The van der Waals surface area contributed by atoms with E-state index in [0.29, 0.717) is 5.56 Å². The maximum atomic E-state index is 12.2. The van der Waals surface area contributed by atoms with E-state index in [1.165, 1.54) is 5.56 Å². The van der Waals surface area contributed by atoms with Crippen LogP contribution in [0.4, 0.5) is 0 Å². The topological polar surface area (TPSA) is 39.1 Å². The molecule has 3 nitrogen and oxygen atoms in total. The van der Waals surface area contributed by atoms with E-state index < -0.39 is 5.24 Å². The Morgan fingerprint density at radius 3 is 2.50 bits per heavy atom. The van der Waals surface area contributed by atoms with Crippen molar-refractivity contribution in [3.8, 4) is 11.3 Å². The van der Waals surface area contributed by atoms with Gasteiger partial charge in [0.15, 0.2) is 0 Å². The van der Waals surface area contributed by atoms with E-state index in [4.69, 9.17) is 11.6 Å². The highest BCUT2D eigenvalue weighted by Crippen LogP contribution is 2.23. The molecular weight excluding hydrogens is 274 g/mol. The molecule has 1 heterocycles. The standard InChI is InChI=1S/C16H16ClNO2/c1-10-4-6-13(11(2)8-10)14-7-5-12(9-15(17)19)16(20)18(14)3/h4-8H,9H2,1-3H3. The second-order valence-electron chi connectivity index (χ2n) is 4.96. The summed E-state index contributed by atoms with van der Waals surface area (Å²) in [5.74, 6) is 0. The highest BCUT2D eigenvalue weighted by molar-refractivity contribution is 6.63. The van der Waals surface area contributed by atoms with Crippen molar-refractivity contribution in [3.05, 3.63) is 57.4 Å². The van der Waals surface area contributed by atoms with Crippen LogP contribution in [0.25, 0.3) is 11.3 Å². The van der Waals surface area contributed by atoms with Crippen LogP contribution in [0.2, 0.25) is 0 Å². The number of carbonyl (C=O) groups is 1. The second-order valence-corrected chi connectivity index (χ2v) is 5.38. The predicted molar refractivity (Wildman–Crippen MR) is 81.2 cm³/mol. The summed E-state index contributed by atoms with van der Waals surface area (Å²) in [5.41, 5.74) is 4.37. The Labute approximate surface area is 122 Å². The van der Waals surface area contributed by atoms with Gasteiger partial charge in [0.2, 0.25) is 5.24 Å². The lowest BCUT2D eigenvalue weighted by atomic mass is 10.0. The minimum atomic E-state index is -0.527. The summed E-state index contributed by atoms with van der Waals surface area (Å²) in [6.07, 6.45) is -0.0403. The third-order valence-electron chi connectivity index (χ3n) is 3.37. The van der Waals surface area contributed by atoms with E-state index in [9.17, 15) is 9.59 Å². The van der Waals surface area contributed by atoms with Gasteiger partial charge in [0.05, 0.1) is 12.1 Å². The molecule has 0 fully saturated rings. The van der Waals surface area contributed by atoms with Gasteiger partial charge in [-0.2, -0.15) is 0 Å². The predicted octanol–water partition coefficient (Wildman–Crippen LogP) is 2.98. The number of nitrogens with zero attached hydrogens (tertiary/aromatic N) is 1. The number of hydrogen-bond donors (Lipinski definition) is 0. The van der Waals surface area contributed by atoms with Crippen molar-refractivity contribution in [2.75, 3.05) is 0 Å². The second kappa shape index (κ2) is 5.63. The highest BCUT2D eigenvalue weighted by Gasteiger charge is 2.11. The lowest BCUT2D eigenvalue weighted by molar-refractivity contribution is -0.111. The normalized spacial score (nSPS) is 10.6. The van der Waals surface area contributed by atoms with Gasteiger partial charge in [0.25, 0.3) is 5.56 Å². The van der Waals surface area contributed by atoms with Gasteiger partial charge in [0.1, 0.15) is 0 Å². The number of aryl methyl sites for hydroxylation is 2. The van der Waals surface area contributed by atoms with E-state index in [-0.39, 0.29) is 12.0 Å². The molecule has 0 amide bonds. The SMILES string of the molecule is Cc1ccc(-c2ccc(CC(=O)Cl)c(=O)n2C)c(C)c1. The molecule has 0 N–H and O–H groups in total. The molecule has 0 unspecified atom stereocenters. The molecule has 104 valence electrons. The Bertz CT molecular complexity index is 732. The largest absolute Gasteiger partial charge is 0.311 e. The summed E-state index contributed by atoms with van der Waals surface area (Å²) < 4.78 is 1.56. The summed E-state index contributed by atoms with van der Waals surface area (Å²) in [6, 6.07) is 9.64. The van der Waals surface area contributed by atoms with Crippen molar-refractivity contribution in [2.45, 2.75) is 20.3 Å². The van der Waals surface area contributed by atoms with Crippen LogP contribution in [0, 0.1) is 13.8 Å². The van der Waals surface area contributed by atoms with Crippen molar-refractivity contribution in [1.29, 1.82) is 0 Å². The fourth-order valence-corrected chi connectivity index (χ4v) is 2.49. The maximum absolute atomic E-state index is 12.2. The van der Waals surface area contributed by atoms with Gasteiger partial charge < -0.3 is 4.57 Å². The number of pyridine rings is 1. The first-order valence-corrected chi connectivity index (χ1v) is 6.73. The molecule has 0 spiro atoms. The van der Waals surface area contributed by atoms with Crippen LogP contribution in [-0.2, 0) is 18.3 Å². The van der Waals surface area contributed by atoms with Crippen molar-refractivity contribution in [3.63, 3.8) is 0 Å². The molecular formula is C16H16ClNO2. The van der Waals surface area contributed by atoms with Crippen LogP contribution in [0.15, 0.2) is 35.1 Å². The number of carbonyl (C=O) groups excluding carboxylic acids is 1. The van der Waals surface area contributed by atoms with E-state index in [1.54, 1.807) is 17.7 Å². The first-order chi connectivity index (χ1) is 9.40. The lowest BCUT2D eigenvalue weighted by Gasteiger charge is -2.12. The van der Waals surface area contributed by atoms with Gasteiger partial charge in [-0.25, -0.2) is 0 Å². The van der Waals surface area contributed by atoms with Crippen LogP contribution < -0.4 is 5.56 Å². The Kier molecular flexibility index (Phi) is 4.09. The van der Waals surface area contributed by atoms with Crippen molar-refractivity contribution in [2.24, 2.45) is 7.05 Å². The van der Waals surface area contributed by atoms with Crippen molar-refractivity contribution in [1.82, 2.24) is 4.57 Å². The Morgan fingerprint density at radius 1 is 1.20 bits per heavy atom. The summed E-state index contributed by atoms with van der Waals surface area (Å²) in [7, 11) is 1.71. The first kappa shape index (κ1) is 14.5. The minimum Gasteiger partial charge on any atom is -0.311 e. The fraction of sp³-hybridized carbons (Fsp3) is 0.250. The van der Waals surface area contributed by atoms with E-state index in [1.807, 2.05) is 32.0 Å². The maximum Gasteiger partial charge on any atom is 0.254 e. The smallest absolute Gasteiger partial charge is 0.254 e. The third-order valence-corrected chi connectivity index (χ3v) is 3.50. The van der Waals surface area contributed by atoms with Gasteiger partial charge >= 0.3 is 0 Å². The Morgan fingerprint density at radius 2 is 1.90 bits per heavy atom. The van der Waals surface area contributed by atoms with Crippen LogP contribution in [0.1, 0.15) is 16.7 Å². The molecule has 2 rings (SSSR count). The van der Waals surface area contributed by atoms with Crippen molar-refractivity contribution < 1.29 is 4.79 Å². The zero-order chi connectivity index (χ0) is 14.9. The summed E-state index contributed by atoms with van der Waals surface area (Å²) >= 11 is 5.35. The summed E-state index contributed by atoms with van der Waals surface area (Å²) in [5, 5.41) is -0.527. The molecule has 20 heavy (non-hydrogen) atoms. The molecule has 0 aliphatic carbocycles. The van der Waals surface area contributed by atoms with Gasteiger partial charge in [-0.05, 0) is 37.1 Å². The molecule has 0 aliphatic heterocycles. The van der Waals surface area contributed by atoms with Crippen molar-refractivity contribution >= 4 is 16.8 Å². The molecule has 2 aromatic rings. The molecule has 0 bridgehead atoms. The van der Waals surface area contributed by atoms with E-state index in [0.717, 1.165) is 16.8 Å². The van der Waals surface area contributed by atoms with Gasteiger partial charge in [-0.15, -0.1) is 0 Å². The summed E-state index contributed by atoms with van der Waals surface area (Å²) in [4.78, 5) is 23.2. The minimum absolute atomic E-state index is 0.0403. The average molecular weight is 290 g/mol. The Balaban J connectivity index is 2.57. The number of aromatic nitrogens is 1. The van der Waals surface area contributed by atoms with Crippen LogP contribution >= 0.6 is 11.6 Å². The molecule has 1 aromatic heterocycles. The van der Waals surface area contributed by atoms with Gasteiger partial charge in [0, 0.05) is 18.2 Å². The van der Waals surface area contributed by atoms with Crippen LogP contribution in [0.5, 0.6) is 0 Å². The average Bonchev–Trinajstić information content (AvgIpc) is 2.36. The molecule has 0 saturated carbocycles. The summed E-state index contributed by atoms with van der Waals surface area (Å²) in [6.45, 7) is 4.05. The van der Waals surface area contributed by atoms with Gasteiger partial charge in [-0.3, -0.25) is 9.59 Å². The highest BCUT2D eigenvalue weighted by atomic mass is 35.5. The monoisotopic (exact) mass is 289 g/mol. The van der Waals surface area contributed by atoms with Crippen LogP contribution in [-0.4, -0.2) is 9.81 Å². The number of rotatable bonds is 3. The Hall–Kier alpha value is -1.87. The third kappa shape index (κ3) is 2.83. The number of benzene rings is 1. The first-order valence-electron chi connectivity index (χ1n) is 6.35.